The number of carbonyl (C=O) groups is 3. The summed E-state index contributed by atoms with van der Waals surface area (Å²) in [5, 5.41) is 9.78. The van der Waals surface area contributed by atoms with Gasteiger partial charge < -0.3 is 24.2 Å². The van der Waals surface area contributed by atoms with Gasteiger partial charge in [-0.25, -0.2) is 4.57 Å². The van der Waals surface area contributed by atoms with E-state index in [1.807, 2.05) is 18.2 Å². The number of hydrogen-bond donors (Lipinski definition) is 2. The second kappa shape index (κ2) is 50.1. The second-order valence-corrected chi connectivity index (χ2v) is 18.8. The monoisotopic (exact) mass is 975 g/mol. The quantitative estimate of drug-likeness (QED) is 0.0197. The van der Waals surface area contributed by atoms with Crippen molar-refractivity contribution in [3.05, 3.63) is 85.1 Å². The Morgan fingerprint density at radius 1 is 0.441 bits per heavy atom. The van der Waals surface area contributed by atoms with Crippen molar-refractivity contribution in [3.8, 4) is 0 Å². The normalized spacial score (nSPS) is 14.1. The molecule has 0 aromatic rings. The van der Waals surface area contributed by atoms with Gasteiger partial charge in [-0.05, 0) is 70.6 Å². The summed E-state index contributed by atoms with van der Waals surface area (Å²) >= 11 is 0. The van der Waals surface area contributed by atoms with Crippen LogP contribution in [-0.4, -0.2) is 66.5 Å². The van der Waals surface area contributed by atoms with E-state index in [-0.39, 0.29) is 25.9 Å². The Morgan fingerprint density at radius 2 is 0.853 bits per heavy atom. The van der Waals surface area contributed by atoms with Crippen molar-refractivity contribution in [3.63, 3.8) is 0 Å². The number of hydrogen-bond acceptors (Lipinski definition) is 10. The number of carbonyl (C=O) groups excluding carboxylic acids is 3. The van der Waals surface area contributed by atoms with Crippen LogP contribution in [-0.2, 0) is 42.2 Å². The van der Waals surface area contributed by atoms with Crippen LogP contribution in [0.1, 0.15) is 213 Å². The predicted molar refractivity (Wildman–Crippen MR) is 279 cm³/mol. The van der Waals surface area contributed by atoms with Gasteiger partial charge in [0.1, 0.15) is 12.7 Å². The number of phosphoric acid groups is 1. The lowest BCUT2D eigenvalue weighted by atomic mass is 10.0. The summed E-state index contributed by atoms with van der Waals surface area (Å²) in [5.41, 5.74) is 0. The molecular formula is C56H95O11P. The molecule has 3 unspecified atom stereocenters. The highest BCUT2D eigenvalue weighted by Crippen LogP contribution is 2.43. The molecule has 0 aromatic carbocycles. The minimum atomic E-state index is -4.77. The Morgan fingerprint density at radius 3 is 1.35 bits per heavy atom. The zero-order valence-corrected chi connectivity index (χ0v) is 43.7. The maximum absolute atomic E-state index is 12.8. The highest BCUT2D eigenvalue weighted by atomic mass is 31.2. The third-order valence-electron chi connectivity index (χ3n) is 10.8. The van der Waals surface area contributed by atoms with Gasteiger partial charge in [-0.2, -0.15) is 0 Å². The van der Waals surface area contributed by atoms with E-state index < -0.39 is 57.8 Å². The fourth-order valence-corrected chi connectivity index (χ4v) is 7.61. The van der Waals surface area contributed by atoms with Crippen LogP contribution >= 0.6 is 7.82 Å². The van der Waals surface area contributed by atoms with Crippen LogP contribution in [0.3, 0.4) is 0 Å². The standard InChI is InChI=1S/C56H95O11P/c1-4-7-10-13-16-19-22-25-26-29-32-35-38-41-44-47-56(60)67-53(49-63-54(58)45-42-39-36-33-30-27-23-20-17-14-11-8-5-2)51-65-68(61,62)64-50-52(48-57)66-55(59)46-43-40-37-34-31-28-24-21-18-15-12-9-6-3/h7,10-11,14,16,19-20,23,25-26,32,35,41,44,52-53,57H,4-6,8-9,12-13,15,17-18,21-22,24,27-31,33-34,36-40,42-43,45-51H2,1-3H3,(H,61,62)/b10-7-,14-11-,19-16-,23-20-,26-25-,35-32-,44-41-. The average Bonchev–Trinajstić information content (AvgIpc) is 3.32. The molecule has 0 rings (SSSR count). The van der Waals surface area contributed by atoms with E-state index in [0.717, 1.165) is 96.3 Å². The van der Waals surface area contributed by atoms with Gasteiger partial charge in [0.25, 0.3) is 0 Å². The summed E-state index contributed by atoms with van der Waals surface area (Å²) in [6.45, 7) is 4.32. The lowest BCUT2D eigenvalue weighted by Gasteiger charge is -2.21. The van der Waals surface area contributed by atoms with E-state index in [9.17, 15) is 28.9 Å². The predicted octanol–water partition coefficient (Wildman–Crippen LogP) is 15.1. The maximum atomic E-state index is 12.8. The van der Waals surface area contributed by atoms with Crippen LogP contribution in [0.15, 0.2) is 85.1 Å². The van der Waals surface area contributed by atoms with E-state index in [2.05, 4.69) is 81.5 Å². The molecule has 0 spiro atoms. The van der Waals surface area contributed by atoms with Crippen molar-refractivity contribution in [2.24, 2.45) is 0 Å². The molecule has 0 aliphatic heterocycles. The molecular weight excluding hydrogens is 880 g/mol. The van der Waals surface area contributed by atoms with Gasteiger partial charge in [0.15, 0.2) is 6.10 Å². The first-order chi connectivity index (χ1) is 33.2. The summed E-state index contributed by atoms with van der Waals surface area (Å²) in [4.78, 5) is 48.3. The van der Waals surface area contributed by atoms with Crippen LogP contribution in [0.5, 0.6) is 0 Å². The molecule has 11 nitrogen and oxygen atoms in total. The van der Waals surface area contributed by atoms with E-state index in [1.54, 1.807) is 6.08 Å². The summed E-state index contributed by atoms with van der Waals surface area (Å²) in [6, 6.07) is 0. The van der Waals surface area contributed by atoms with E-state index in [4.69, 9.17) is 23.3 Å². The summed E-state index contributed by atoms with van der Waals surface area (Å²) in [5.74, 6) is -1.64. The highest BCUT2D eigenvalue weighted by molar-refractivity contribution is 7.47. The molecule has 2 N–H and O–H groups in total. The van der Waals surface area contributed by atoms with Gasteiger partial charge in [-0.3, -0.25) is 23.4 Å². The van der Waals surface area contributed by atoms with Gasteiger partial charge in [-0.15, -0.1) is 0 Å². The van der Waals surface area contributed by atoms with Gasteiger partial charge in [0.2, 0.25) is 0 Å². The van der Waals surface area contributed by atoms with Crippen molar-refractivity contribution >= 4 is 25.7 Å². The molecule has 12 heteroatoms. The molecule has 0 aliphatic rings. The van der Waals surface area contributed by atoms with E-state index in [1.165, 1.54) is 57.8 Å². The molecule has 0 saturated carbocycles. The van der Waals surface area contributed by atoms with Gasteiger partial charge in [0.05, 0.1) is 26.2 Å². The first-order valence-corrected chi connectivity index (χ1v) is 28.0. The molecule has 0 heterocycles. The number of rotatable bonds is 48. The number of esters is 3. The average molecular weight is 975 g/mol. The van der Waals surface area contributed by atoms with Crippen molar-refractivity contribution in [1.29, 1.82) is 0 Å². The third kappa shape index (κ3) is 47.7. The largest absolute Gasteiger partial charge is 0.472 e. The Balaban J connectivity index is 4.86. The molecule has 0 aliphatic carbocycles. The molecule has 0 saturated heterocycles. The van der Waals surface area contributed by atoms with Crippen molar-refractivity contribution in [2.45, 2.75) is 226 Å². The molecule has 390 valence electrons. The van der Waals surface area contributed by atoms with Gasteiger partial charge in [0, 0.05) is 12.8 Å². The Labute approximate surface area is 413 Å². The highest BCUT2D eigenvalue weighted by Gasteiger charge is 2.28. The van der Waals surface area contributed by atoms with Crippen LogP contribution in [0.2, 0.25) is 0 Å². The second-order valence-electron chi connectivity index (χ2n) is 17.3. The van der Waals surface area contributed by atoms with Crippen molar-refractivity contribution in [1.82, 2.24) is 0 Å². The number of allylic oxidation sites excluding steroid dienone is 13. The van der Waals surface area contributed by atoms with Gasteiger partial charge in [-0.1, -0.05) is 209 Å². The number of aliphatic hydroxyl groups is 1. The zero-order valence-electron chi connectivity index (χ0n) is 42.8. The Hall–Kier alpha value is -3.34. The number of unbranched alkanes of at least 4 members (excludes halogenated alkanes) is 18. The Bertz CT molecular complexity index is 1460. The lowest BCUT2D eigenvalue weighted by Crippen LogP contribution is -2.30. The molecule has 0 radical (unpaired) electrons. The fourth-order valence-electron chi connectivity index (χ4n) is 6.82. The van der Waals surface area contributed by atoms with Crippen LogP contribution in [0.25, 0.3) is 0 Å². The summed E-state index contributed by atoms with van der Waals surface area (Å²) in [7, 11) is -4.77. The van der Waals surface area contributed by atoms with Crippen LogP contribution in [0, 0.1) is 0 Å². The molecule has 0 fully saturated rings. The SMILES string of the molecule is CC/C=C\C/C=C\C/C=C\C/C=C\C/C=C\CC(=O)OC(COC(=O)CCCCCCC/C=C\C/C=C\CCC)COP(=O)(O)OCC(CO)OC(=O)CCCCCCCCCCCCCCC. The summed E-state index contributed by atoms with van der Waals surface area (Å²) in [6.07, 6.45) is 55.8. The van der Waals surface area contributed by atoms with Crippen molar-refractivity contribution < 1.29 is 52.2 Å². The molecule has 0 amide bonds. The van der Waals surface area contributed by atoms with Crippen LogP contribution in [0.4, 0.5) is 0 Å². The van der Waals surface area contributed by atoms with E-state index in [0.29, 0.717) is 19.3 Å². The molecule has 0 bridgehead atoms. The topological polar surface area (TPSA) is 155 Å². The smallest absolute Gasteiger partial charge is 0.462 e. The third-order valence-corrected chi connectivity index (χ3v) is 11.8. The minimum Gasteiger partial charge on any atom is -0.462 e. The molecule has 0 aromatic heterocycles. The maximum Gasteiger partial charge on any atom is 0.472 e. The zero-order chi connectivity index (χ0) is 49.9. The van der Waals surface area contributed by atoms with Gasteiger partial charge >= 0.3 is 25.7 Å². The first kappa shape index (κ1) is 64.7. The van der Waals surface area contributed by atoms with Crippen LogP contribution < -0.4 is 0 Å². The van der Waals surface area contributed by atoms with E-state index >= 15 is 0 Å². The fraction of sp³-hybridized carbons (Fsp3) is 0.696. The molecule has 68 heavy (non-hydrogen) atoms. The number of ether oxygens (including phenoxy) is 3. The minimum absolute atomic E-state index is 0.0695. The summed E-state index contributed by atoms with van der Waals surface area (Å²) < 4.78 is 39.2. The molecule has 3 atom stereocenters. The first-order valence-electron chi connectivity index (χ1n) is 26.5. The number of aliphatic hydroxyl groups excluding tert-OH is 1. The number of phosphoric ester groups is 1. The lowest BCUT2D eigenvalue weighted by molar-refractivity contribution is -0.160. The Kier molecular flexibility index (Phi) is 47.6. The van der Waals surface area contributed by atoms with Crippen molar-refractivity contribution in [2.75, 3.05) is 26.4 Å².